The van der Waals surface area contributed by atoms with Gasteiger partial charge in [-0.2, -0.15) is 0 Å². The van der Waals surface area contributed by atoms with Gasteiger partial charge in [-0.25, -0.2) is 0 Å². The lowest BCUT2D eigenvalue weighted by atomic mass is 9.89. The van der Waals surface area contributed by atoms with E-state index in [9.17, 15) is 0 Å². The lowest BCUT2D eigenvalue weighted by Crippen LogP contribution is -2.46. The Morgan fingerprint density at radius 3 is 1.56 bits per heavy atom. The minimum atomic E-state index is 0.928. The zero-order chi connectivity index (χ0) is 11.2. The molecular weight excluding hydrogens is 213 g/mol. The first-order valence-corrected chi connectivity index (χ1v) is 8.19. The van der Waals surface area contributed by atoms with Gasteiger partial charge in [0, 0.05) is 18.6 Å². The van der Waals surface area contributed by atoms with Crippen LogP contribution < -0.4 is 0 Å². The van der Waals surface area contributed by atoms with Crippen LogP contribution in [-0.2, 0) is 0 Å². The van der Waals surface area contributed by atoms with E-state index in [0.717, 1.165) is 12.1 Å². The SMILES string of the molecule is PCCN(C1CCCCC1)C1CCCCC1. The normalized spacial score (nSPS) is 25.1. The minimum absolute atomic E-state index is 0.928. The molecule has 0 bridgehead atoms. The molecule has 0 saturated heterocycles. The smallest absolute Gasteiger partial charge is 0.00983 e. The van der Waals surface area contributed by atoms with Gasteiger partial charge in [0.25, 0.3) is 0 Å². The molecule has 2 fully saturated rings. The molecule has 1 nitrogen and oxygen atoms in total. The molecule has 0 heterocycles. The largest absolute Gasteiger partial charge is 0.297 e. The number of rotatable bonds is 4. The molecule has 1 atom stereocenters. The second kappa shape index (κ2) is 6.97. The highest BCUT2D eigenvalue weighted by Gasteiger charge is 2.27. The van der Waals surface area contributed by atoms with Crippen molar-refractivity contribution in [2.45, 2.75) is 76.3 Å². The maximum absolute atomic E-state index is 2.92. The van der Waals surface area contributed by atoms with Crippen LogP contribution in [0.2, 0.25) is 0 Å². The summed E-state index contributed by atoms with van der Waals surface area (Å²) in [6, 6.07) is 1.86. The molecule has 0 spiro atoms. The van der Waals surface area contributed by atoms with Crippen LogP contribution in [0.1, 0.15) is 64.2 Å². The first-order chi connectivity index (χ1) is 7.92. The molecule has 16 heavy (non-hydrogen) atoms. The zero-order valence-electron chi connectivity index (χ0n) is 10.7. The van der Waals surface area contributed by atoms with E-state index in [1.54, 1.807) is 0 Å². The van der Waals surface area contributed by atoms with Crippen LogP contribution in [0, 0.1) is 0 Å². The van der Waals surface area contributed by atoms with Crippen LogP contribution in [0.5, 0.6) is 0 Å². The highest BCUT2D eigenvalue weighted by atomic mass is 31.0. The molecule has 0 N–H and O–H groups in total. The van der Waals surface area contributed by atoms with E-state index in [1.165, 1.54) is 76.9 Å². The van der Waals surface area contributed by atoms with Crippen molar-refractivity contribution in [1.29, 1.82) is 0 Å². The predicted molar refractivity (Wildman–Crippen MR) is 75.0 cm³/mol. The Kier molecular flexibility index (Phi) is 5.59. The minimum Gasteiger partial charge on any atom is -0.297 e. The number of nitrogens with zero attached hydrogens (tertiary/aromatic N) is 1. The van der Waals surface area contributed by atoms with Crippen molar-refractivity contribution in [3.05, 3.63) is 0 Å². The van der Waals surface area contributed by atoms with Gasteiger partial charge in [-0.05, 0) is 31.8 Å². The summed E-state index contributed by atoms with van der Waals surface area (Å²) in [7, 11) is 2.92. The summed E-state index contributed by atoms with van der Waals surface area (Å²) >= 11 is 0. The van der Waals surface area contributed by atoms with E-state index < -0.39 is 0 Å². The number of hydrogen-bond acceptors (Lipinski definition) is 1. The molecule has 0 amide bonds. The van der Waals surface area contributed by atoms with E-state index >= 15 is 0 Å². The van der Waals surface area contributed by atoms with Crippen LogP contribution in [0.15, 0.2) is 0 Å². The predicted octanol–water partition coefficient (Wildman–Crippen LogP) is 3.83. The van der Waals surface area contributed by atoms with Gasteiger partial charge in [0.05, 0.1) is 0 Å². The molecule has 2 aliphatic carbocycles. The van der Waals surface area contributed by atoms with E-state index in [4.69, 9.17) is 0 Å². The molecule has 2 saturated carbocycles. The van der Waals surface area contributed by atoms with Gasteiger partial charge in [-0.15, -0.1) is 9.24 Å². The average molecular weight is 241 g/mol. The van der Waals surface area contributed by atoms with Gasteiger partial charge in [0.2, 0.25) is 0 Å². The monoisotopic (exact) mass is 241 g/mol. The fourth-order valence-electron chi connectivity index (χ4n) is 3.64. The van der Waals surface area contributed by atoms with Crippen molar-refractivity contribution < 1.29 is 0 Å². The first-order valence-electron chi connectivity index (χ1n) is 7.37. The third-order valence-corrected chi connectivity index (χ3v) is 4.73. The Morgan fingerprint density at radius 2 is 1.19 bits per heavy atom. The molecule has 0 aromatic rings. The van der Waals surface area contributed by atoms with Gasteiger partial charge >= 0.3 is 0 Å². The van der Waals surface area contributed by atoms with Crippen molar-refractivity contribution in [1.82, 2.24) is 4.90 Å². The van der Waals surface area contributed by atoms with Crippen molar-refractivity contribution in [2.24, 2.45) is 0 Å². The third kappa shape index (κ3) is 3.44. The van der Waals surface area contributed by atoms with E-state index in [0.29, 0.717) is 0 Å². The van der Waals surface area contributed by atoms with Crippen molar-refractivity contribution >= 4 is 9.24 Å². The summed E-state index contributed by atoms with van der Waals surface area (Å²) in [4.78, 5) is 2.88. The van der Waals surface area contributed by atoms with Crippen molar-refractivity contribution in [3.63, 3.8) is 0 Å². The van der Waals surface area contributed by atoms with Gasteiger partial charge in [-0.1, -0.05) is 38.5 Å². The molecule has 2 rings (SSSR count). The average Bonchev–Trinajstić information content (AvgIpc) is 2.38. The van der Waals surface area contributed by atoms with Crippen LogP contribution >= 0.6 is 9.24 Å². The Hall–Kier alpha value is 0.390. The Labute approximate surface area is 104 Å². The van der Waals surface area contributed by atoms with Crippen LogP contribution in [0.3, 0.4) is 0 Å². The number of hydrogen-bond donors (Lipinski definition) is 0. The molecule has 0 radical (unpaired) electrons. The molecule has 0 aromatic carbocycles. The standard InChI is InChI=1S/C14H28NP/c16-12-11-15(13-7-3-1-4-8-13)14-9-5-2-6-10-14/h13-14H,1-12,16H2. The quantitative estimate of drug-likeness (QED) is 0.676. The maximum atomic E-state index is 2.92. The Balaban J connectivity index is 1.91. The zero-order valence-corrected chi connectivity index (χ0v) is 11.8. The highest BCUT2D eigenvalue weighted by molar-refractivity contribution is 7.16. The summed E-state index contributed by atoms with van der Waals surface area (Å²) in [6.45, 7) is 1.32. The van der Waals surface area contributed by atoms with E-state index in [2.05, 4.69) is 14.1 Å². The van der Waals surface area contributed by atoms with Crippen molar-refractivity contribution in [3.8, 4) is 0 Å². The second-order valence-electron chi connectivity index (χ2n) is 5.61. The fraction of sp³-hybridized carbons (Fsp3) is 1.00. The van der Waals surface area contributed by atoms with Crippen LogP contribution in [0.25, 0.3) is 0 Å². The van der Waals surface area contributed by atoms with Gasteiger partial charge in [0.1, 0.15) is 0 Å². The summed E-state index contributed by atoms with van der Waals surface area (Å²) in [5, 5.41) is 0. The summed E-state index contributed by atoms with van der Waals surface area (Å²) in [5.41, 5.74) is 0. The molecule has 0 aromatic heterocycles. The fourth-order valence-corrected chi connectivity index (χ4v) is 3.94. The van der Waals surface area contributed by atoms with Gasteiger partial charge in [-0.3, -0.25) is 4.90 Å². The summed E-state index contributed by atoms with van der Waals surface area (Å²) in [6.07, 6.45) is 16.0. The molecule has 2 heteroatoms. The first kappa shape index (κ1) is 12.8. The highest BCUT2D eigenvalue weighted by Crippen LogP contribution is 2.29. The molecular formula is C14H28NP. The maximum Gasteiger partial charge on any atom is 0.00983 e. The molecule has 94 valence electrons. The summed E-state index contributed by atoms with van der Waals surface area (Å²) in [5.74, 6) is 0. The molecule has 0 aliphatic heterocycles. The van der Waals surface area contributed by atoms with Gasteiger partial charge < -0.3 is 0 Å². The van der Waals surface area contributed by atoms with Gasteiger partial charge in [0.15, 0.2) is 0 Å². The third-order valence-electron chi connectivity index (χ3n) is 4.47. The molecule has 1 unspecified atom stereocenters. The topological polar surface area (TPSA) is 3.24 Å². The van der Waals surface area contributed by atoms with Crippen molar-refractivity contribution in [2.75, 3.05) is 12.7 Å². The second-order valence-corrected chi connectivity index (χ2v) is 6.19. The Bertz CT molecular complexity index is 165. The van der Waals surface area contributed by atoms with E-state index in [1.807, 2.05) is 0 Å². The summed E-state index contributed by atoms with van der Waals surface area (Å²) < 4.78 is 0. The van der Waals surface area contributed by atoms with E-state index in [-0.39, 0.29) is 0 Å². The van der Waals surface area contributed by atoms with Crippen LogP contribution in [0.4, 0.5) is 0 Å². The lowest BCUT2D eigenvalue weighted by molar-refractivity contribution is 0.0881. The van der Waals surface area contributed by atoms with Crippen LogP contribution in [-0.4, -0.2) is 29.7 Å². The lowest BCUT2D eigenvalue weighted by Gasteiger charge is -2.41. The Morgan fingerprint density at radius 1 is 0.750 bits per heavy atom. The molecule has 2 aliphatic rings.